The second kappa shape index (κ2) is 15.0. The van der Waals surface area contributed by atoms with Crippen LogP contribution < -0.4 is 4.90 Å². The number of aromatic nitrogens is 1. The summed E-state index contributed by atoms with van der Waals surface area (Å²) < 4.78 is 9.00. The first kappa shape index (κ1) is 40.9. The molecule has 4 aliphatic rings. The summed E-state index contributed by atoms with van der Waals surface area (Å²) in [6.07, 6.45) is 17.6. The maximum atomic E-state index is 6.19. The zero-order chi connectivity index (χ0) is 40.7. The number of aryl methyl sites for hydroxylation is 2. The highest BCUT2D eigenvalue weighted by Crippen LogP contribution is 2.68. The molecule has 3 nitrogen and oxygen atoms in total. The van der Waals surface area contributed by atoms with Crippen molar-refractivity contribution < 1.29 is 4.74 Å². The first-order chi connectivity index (χ1) is 26.9. The molecule has 0 amide bonds. The van der Waals surface area contributed by atoms with Crippen LogP contribution in [0.1, 0.15) is 85.7 Å². The van der Waals surface area contributed by atoms with Gasteiger partial charge in [-0.2, -0.15) is 0 Å². The van der Waals surface area contributed by atoms with E-state index in [1.165, 1.54) is 59.1 Å². The summed E-state index contributed by atoms with van der Waals surface area (Å²) in [4.78, 5) is 2.97. The summed E-state index contributed by atoms with van der Waals surface area (Å²) in [5.74, 6) is 1.65. The molecular weight excluding hydrogens is 741 g/mol. The Labute approximate surface area is 349 Å². The highest BCUT2D eigenvalue weighted by Gasteiger charge is 2.64. The van der Waals surface area contributed by atoms with Crippen molar-refractivity contribution in [2.45, 2.75) is 147 Å². The quantitative estimate of drug-likeness (QED) is 0.0988. The highest BCUT2D eigenvalue weighted by molar-refractivity contribution is 6.83. The van der Waals surface area contributed by atoms with E-state index < -0.39 is 24.2 Å². The van der Waals surface area contributed by atoms with Crippen LogP contribution in [0.2, 0.25) is 57.4 Å². The van der Waals surface area contributed by atoms with Crippen LogP contribution in [0.4, 0.5) is 5.69 Å². The SMILES string of the molecule is Cc1ccc2c(c1)C1C(C3C=CC=CC3C1[Si](C)(CCCCCCOC(C)(C)C)C1c3ccccc3-c3c1c1cc(C)ccc1n3C[Si](C)(C)C)N2C[Si](C)(C)C. The van der Waals surface area contributed by atoms with E-state index in [9.17, 15) is 0 Å². The molecule has 0 saturated heterocycles. The summed E-state index contributed by atoms with van der Waals surface area (Å²) in [5, 5.41) is 1.54. The summed E-state index contributed by atoms with van der Waals surface area (Å²) in [6.45, 7) is 30.4. The van der Waals surface area contributed by atoms with Crippen molar-refractivity contribution >= 4 is 40.8 Å². The molecule has 7 atom stereocenters. The van der Waals surface area contributed by atoms with E-state index >= 15 is 0 Å². The molecular formula is C51H72N2OSi3. The molecule has 7 unspecified atom stereocenters. The van der Waals surface area contributed by atoms with Gasteiger partial charge in [-0.3, -0.25) is 0 Å². The Hall–Kier alpha value is -2.91. The average molecular weight is 813 g/mol. The Morgan fingerprint density at radius 1 is 0.702 bits per heavy atom. The second-order valence-electron chi connectivity index (χ2n) is 22.3. The number of nitrogens with zero attached hydrogens (tertiary/aromatic N) is 2. The molecule has 304 valence electrons. The van der Waals surface area contributed by atoms with E-state index in [1.54, 1.807) is 28.1 Å². The Balaban J connectivity index is 1.32. The number of hydrogen-bond acceptors (Lipinski definition) is 2. The third-order valence-corrected chi connectivity index (χ3v) is 22.1. The fraction of sp³-hybridized carbons (Fsp3) is 0.529. The number of hydrogen-bond donors (Lipinski definition) is 0. The van der Waals surface area contributed by atoms with E-state index in [0.29, 0.717) is 34.9 Å². The van der Waals surface area contributed by atoms with Gasteiger partial charge in [0.2, 0.25) is 0 Å². The van der Waals surface area contributed by atoms with Gasteiger partial charge in [0, 0.05) is 64.5 Å². The molecule has 1 saturated carbocycles. The Bertz CT molecular complexity index is 2190. The van der Waals surface area contributed by atoms with Crippen LogP contribution in [-0.4, -0.2) is 53.2 Å². The van der Waals surface area contributed by atoms with Crippen LogP contribution in [0.15, 0.2) is 85.0 Å². The van der Waals surface area contributed by atoms with Crippen LogP contribution in [0, 0.1) is 25.7 Å². The van der Waals surface area contributed by atoms with Gasteiger partial charge in [0.1, 0.15) is 0 Å². The van der Waals surface area contributed by atoms with Crippen molar-refractivity contribution in [1.29, 1.82) is 0 Å². The molecule has 0 bridgehead atoms. The maximum Gasteiger partial charge on any atom is 0.0679 e. The van der Waals surface area contributed by atoms with Crippen molar-refractivity contribution in [3.63, 3.8) is 0 Å². The minimum absolute atomic E-state index is 0.0666. The molecule has 0 N–H and O–H groups in total. The van der Waals surface area contributed by atoms with Crippen molar-refractivity contribution in [3.05, 3.63) is 113 Å². The van der Waals surface area contributed by atoms with Gasteiger partial charge in [0.25, 0.3) is 0 Å². The number of benzene rings is 3. The normalized spacial score (nSPS) is 24.7. The number of allylic oxidation sites excluding steroid dienone is 3. The van der Waals surface area contributed by atoms with Crippen LogP contribution in [-0.2, 0) is 10.9 Å². The lowest BCUT2D eigenvalue weighted by molar-refractivity contribution is -0.00471. The Morgan fingerprint density at radius 2 is 1.37 bits per heavy atom. The first-order valence-corrected chi connectivity index (χ1v) is 32.7. The molecule has 1 aromatic heterocycles. The van der Waals surface area contributed by atoms with Crippen molar-refractivity contribution in [2.24, 2.45) is 11.8 Å². The van der Waals surface area contributed by atoms with Gasteiger partial charge >= 0.3 is 0 Å². The van der Waals surface area contributed by atoms with Gasteiger partial charge in [-0.25, -0.2) is 0 Å². The van der Waals surface area contributed by atoms with E-state index in [0.717, 1.165) is 19.2 Å². The molecule has 2 heterocycles. The molecule has 4 aromatic rings. The zero-order valence-electron chi connectivity index (χ0n) is 37.5. The van der Waals surface area contributed by atoms with Gasteiger partial charge in [-0.05, 0) is 87.4 Å². The predicted octanol–water partition coefficient (Wildman–Crippen LogP) is 13.8. The first-order valence-electron chi connectivity index (χ1n) is 22.4. The molecule has 6 heteroatoms. The zero-order valence-corrected chi connectivity index (χ0v) is 40.5. The van der Waals surface area contributed by atoms with E-state index in [1.807, 2.05) is 0 Å². The molecule has 0 radical (unpaired) electrons. The number of fused-ring (bicyclic) bond motifs is 10. The lowest BCUT2D eigenvalue weighted by atomic mass is 9.89. The Morgan fingerprint density at radius 3 is 2.09 bits per heavy atom. The van der Waals surface area contributed by atoms with Crippen LogP contribution in [0.5, 0.6) is 0 Å². The van der Waals surface area contributed by atoms with Gasteiger partial charge < -0.3 is 14.2 Å². The lowest BCUT2D eigenvalue weighted by Crippen LogP contribution is -2.47. The van der Waals surface area contributed by atoms with E-state index in [2.05, 4.69) is 175 Å². The van der Waals surface area contributed by atoms with Crippen molar-refractivity contribution in [2.75, 3.05) is 17.7 Å². The smallest absolute Gasteiger partial charge is 0.0679 e. The van der Waals surface area contributed by atoms with Crippen LogP contribution in [0.25, 0.3) is 22.2 Å². The third kappa shape index (κ3) is 7.59. The molecule has 57 heavy (non-hydrogen) atoms. The molecule has 3 aromatic carbocycles. The monoisotopic (exact) mass is 812 g/mol. The number of ether oxygens (including phenoxy) is 1. The number of unbranched alkanes of at least 4 members (excludes halogenated alkanes) is 3. The number of rotatable bonds is 13. The van der Waals surface area contributed by atoms with E-state index in [-0.39, 0.29) is 5.60 Å². The van der Waals surface area contributed by atoms with Gasteiger partial charge in [-0.1, -0.05) is 149 Å². The molecule has 1 fully saturated rings. The fourth-order valence-corrected chi connectivity index (χ4v) is 21.1. The summed E-state index contributed by atoms with van der Waals surface area (Å²) in [6, 6.07) is 26.6. The molecule has 0 spiro atoms. The van der Waals surface area contributed by atoms with Gasteiger partial charge in [0.15, 0.2) is 0 Å². The van der Waals surface area contributed by atoms with E-state index in [4.69, 9.17) is 4.74 Å². The van der Waals surface area contributed by atoms with Gasteiger partial charge in [-0.15, -0.1) is 0 Å². The van der Waals surface area contributed by atoms with Gasteiger partial charge in [0.05, 0.1) is 35.5 Å². The molecule has 8 rings (SSSR count). The third-order valence-electron chi connectivity index (χ3n) is 13.9. The van der Waals surface area contributed by atoms with Crippen LogP contribution in [0.3, 0.4) is 0 Å². The standard InChI is InChI=1S/C51H72N2OSi3/c1-35-25-27-43-41(31-35)45-47(52(43)33-55(6,7)8)37-21-15-17-23-39(37)49(45)57(12,30-20-14-13-19-29-54-51(3,4)5)50-40-24-18-16-22-38(40)48-46(50)42-32-36(2)26-28-44(42)53(48)34-56(9,10)11/h15-18,21-28,31-32,37,39,45,47,49-50H,13-14,19-20,29-30,33-34H2,1-12H3. The number of anilines is 1. The maximum absolute atomic E-state index is 6.19. The minimum Gasteiger partial charge on any atom is -0.376 e. The Kier molecular flexibility index (Phi) is 10.7. The fourth-order valence-electron chi connectivity index (χ4n) is 12.1. The summed E-state index contributed by atoms with van der Waals surface area (Å²) in [5.41, 5.74) is 14.9. The minimum atomic E-state index is -2.27. The predicted molar refractivity (Wildman–Crippen MR) is 255 cm³/mol. The van der Waals surface area contributed by atoms with Crippen LogP contribution >= 0.6 is 0 Å². The molecule has 3 aliphatic carbocycles. The summed E-state index contributed by atoms with van der Waals surface area (Å²) >= 11 is 0. The highest BCUT2D eigenvalue weighted by atomic mass is 28.3. The van der Waals surface area contributed by atoms with Crippen molar-refractivity contribution in [1.82, 2.24) is 4.57 Å². The molecule has 1 aliphatic heterocycles. The average Bonchev–Trinajstić information content (AvgIpc) is 3.82. The van der Waals surface area contributed by atoms with Crippen molar-refractivity contribution in [3.8, 4) is 11.3 Å². The summed E-state index contributed by atoms with van der Waals surface area (Å²) in [7, 11) is -5.16. The second-order valence-corrected chi connectivity index (χ2v) is 37.9. The largest absolute Gasteiger partial charge is 0.376 e. The topological polar surface area (TPSA) is 17.4 Å². The lowest BCUT2D eigenvalue weighted by Gasteiger charge is -2.45.